The maximum absolute atomic E-state index is 13.0. The first-order valence-electron chi connectivity index (χ1n) is 10.2. The van der Waals surface area contributed by atoms with E-state index in [1.54, 1.807) is 18.2 Å². The van der Waals surface area contributed by atoms with E-state index < -0.39 is 47.2 Å². The highest BCUT2D eigenvalue weighted by Gasteiger charge is 2.29. The van der Waals surface area contributed by atoms with E-state index in [1.165, 1.54) is 17.0 Å². The summed E-state index contributed by atoms with van der Waals surface area (Å²) < 4.78 is 54.4. The predicted octanol–water partition coefficient (Wildman–Crippen LogP) is 0.746. The van der Waals surface area contributed by atoms with Gasteiger partial charge in [-0.1, -0.05) is 18.2 Å². The van der Waals surface area contributed by atoms with Crippen LogP contribution in [0.4, 0.5) is 11.4 Å². The number of amides is 1. The van der Waals surface area contributed by atoms with Crippen molar-refractivity contribution in [1.82, 2.24) is 4.90 Å². The summed E-state index contributed by atoms with van der Waals surface area (Å²) in [6.45, 7) is 1.40. The third-order valence-corrected chi connectivity index (χ3v) is 7.90. The van der Waals surface area contributed by atoms with E-state index in [9.17, 15) is 31.7 Å². The lowest BCUT2D eigenvalue weighted by molar-refractivity contribution is -0.384. The fraction of sp³-hybridized carbons (Fsp3) is 0.350. The van der Waals surface area contributed by atoms with Crippen LogP contribution in [0.25, 0.3) is 0 Å². The van der Waals surface area contributed by atoms with Gasteiger partial charge in [-0.05, 0) is 24.3 Å². The minimum atomic E-state index is -4.20. The lowest BCUT2D eigenvalue weighted by atomic mass is 10.1. The molecule has 14 heteroatoms. The molecule has 2 aromatic carbocycles. The van der Waals surface area contributed by atoms with Gasteiger partial charge in [0.2, 0.25) is 15.9 Å². The van der Waals surface area contributed by atoms with E-state index in [2.05, 4.69) is 5.32 Å². The van der Waals surface area contributed by atoms with Crippen molar-refractivity contribution in [1.29, 1.82) is 0 Å². The Morgan fingerprint density at radius 1 is 1.09 bits per heavy atom. The van der Waals surface area contributed by atoms with E-state index in [4.69, 9.17) is 9.88 Å². The van der Waals surface area contributed by atoms with Crippen LogP contribution in [0.1, 0.15) is 6.42 Å². The summed E-state index contributed by atoms with van der Waals surface area (Å²) in [7, 11) is -8.07. The zero-order valence-electron chi connectivity index (χ0n) is 18.0. The van der Waals surface area contributed by atoms with Gasteiger partial charge >= 0.3 is 0 Å². The molecule has 0 unspecified atom stereocenters. The molecular formula is C20H24N4O8S2. The number of carbonyl (C=O) groups excluding carboxylic acids is 1. The smallest absolute Gasteiger partial charge is 0.293 e. The molecule has 1 amide bonds. The van der Waals surface area contributed by atoms with Gasteiger partial charge in [-0.3, -0.25) is 14.9 Å². The lowest BCUT2D eigenvalue weighted by Crippen LogP contribution is -2.43. The van der Waals surface area contributed by atoms with Crippen molar-refractivity contribution in [3.63, 3.8) is 0 Å². The number of nitrogens with two attached hydrogens (primary N) is 1. The molecule has 3 N–H and O–H groups in total. The average Bonchev–Trinajstić information content (AvgIpc) is 2.79. The monoisotopic (exact) mass is 512 g/mol. The number of nitrogens with one attached hydrogen (secondary N) is 1. The maximum atomic E-state index is 13.0. The van der Waals surface area contributed by atoms with E-state index >= 15 is 0 Å². The van der Waals surface area contributed by atoms with Crippen molar-refractivity contribution in [2.45, 2.75) is 22.3 Å². The van der Waals surface area contributed by atoms with Crippen LogP contribution in [0.2, 0.25) is 0 Å². The SMILES string of the molecule is NS(=O)(=O)c1ccc(N[C@H](CC(=O)N2CCOCC2)CS(=O)(=O)c2ccccc2)c([N+](=O)[O-])c1. The van der Waals surface area contributed by atoms with Gasteiger partial charge in [-0.2, -0.15) is 0 Å². The van der Waals surface area contributed by atoms with Gasteiger partial charge in [-0.25, -0.2) is 22.0 Å². The van der Waals surface area contributed by atoms with Gasteiger partial charge < -0.3 is 15.0 Å². The second-order valence-corrected chi connectivity index (χ2v) is 11.2. The summed E-state index contributed by atoms with van der Waals surface area (Å²) >= 11 is 0. The molecule has 1 heterocycles. The molecule has 1 atom stereocenters. The standard InChI is InChI=1S/C20H24N4O8S2/c21-34(30,31)17-6-7-18(19(13-17)24(26)27)22-15(12-20(25)23-8-10-32-11-9-23)14-33(28,29)16-4-2-1-3-5-16/h1-7,13,15,22H,8-12,14H2,(H2,21,30,31)/t15-/m1/s1. The summed E-state index contributed by atoms with van der Waals surface area (Å²) in [5.74, 6) is -0.867. The van der Waals surface area contributed by atoms with E-state index in [0.29, 0.717) is 26.3 Å². The number of ether oxygens (including phenoxy) is 1. The first-order chi connectivity index (χ1) is 16.0. The third kappa shape index (κ3) is 6.50. The summed E-state index contributed by atoms with van der Waals surface area (Å²) in [4.78, 5) is 24.7. The summed E-state index contributed by atoms with van der Waals surface area (Å²) in [6, 6.07) is 9.54. The molecule has 0 radical (unpaired) electrons. The Morgan fingerprint density at radius 2 is 1.74 bits per heavy atom. The van der Waals surface area contributed by atoms with Crippen LogP contribution in [0.15, 0.2) is 58.3 Å². The molecule has 2 aromatic rings. The van der Waals surface area contributed by atoms with Crippen LogP contribution < -0.4 is 10.5 Å². The van der Waals surface area contributed by atoms with Gasteiger partial charge in [0, 0.05) is 31.6 Å². The highest BCUT2D eigenvalue weighted by molar-refractivity contribution is 7.91. The van der Waals surface area contributed by atoms with E-state index in [-0.39, 0.29) is 22.9 Å². The molecule has 12 nitrogen and oxygen atoms in total. The number of sulfone groups is 1. The molecule has 1 saturated heterocycles. The molecule has 0 bridgehead atoms. The van der Waals surface area contributed by atoms with E-state index in [0.717, 1.165) is 18.2 Å². The largest absolute Gasteiger partial charge is 0.378 e. The molecular weight excluding hydrogens is 488 g/mol. The molecule has 0 saturated carbocycles. The van der Waals surface area contributed by atoms with Crippen molar-refractivity contribution in [3.05, 3.63) is 58.6 Å². The normalized spacial score (nSPS) is 15.5. The Morgan fingerprint density at radius 3 is 2.32 bits per heavy atom. The third-order valence-electron chi connectivity index (χ3n) is 5.16. The Labute approximate surface area is 196 Å². The van der Waals surface area contributed by atoms with Crippen LogP contribution in [0.3, 0.4) is 0 Å². The number of benzene rings is 2. The first kappa shape index (κ1) is 25.6. The molecule has 0 aromatic heterocycles. The molecule has 184 valence electrons. The Kier molecular flexibility index (Phi) is 7.86. The minimum absolute atomic E-state index is 0.0414. The lowest BCUT2D eigenvalue weighted by Gasteiger charge is -2.29. The van der Waals surface area contributed by atoms with Crippen molar-refractivity contribution in [3.8, 4) is 0 Å². The summed E-state index contributed by atoms with van der Waals surface area (Å²) in [6.07, 6.45) is -0.264. The zero-order chi connectivity index (χ0) is 24.9. The molecule has 0 spiro atoms. The number of nitro groups is 1. The van der Waals surface area contributed by atoms with Crippen LogP contribution >= 0.6 is 0 Å². The van der Waals surface area contributed by atoms with Crippen molar-refractivity contribution in [2.75, 3.05) is 37.4 Å². The Bertz CT molecular complexity index is 1260. The Balaban J connectivity index is 1.93. The molecule has 1 fully saturated rings. The zero-order valence-corrected chi connectivity index (χ0v) is 19.6. The predicted molar refractivity (Wildman–Crippen MR) is 122 cm³/mol. The number of anilines is 1. The van der Waals surface area contributed by atoms with Gasteiger partial charge in [0.25, 0.3) is 5.69 Å². The quantitative estimate of drug-likeness (QED) is 0.362. The van der Waals surface area contributed by atoms with Crippen LogP contribution in [0.5, 0.6) is 0 Å². The van der Waals surface area contributed by atoms with Gasteiger partial charge in [0.05, 0.1) is 33.7 Å². The maximum Gasteiger partial charge on any atom is 0.293 e. The van der Waals surface area contributed by atoms with Gasteiger partial charge in [-0.15, -0.1) is 0 Å². The van der Waals surface area contributed by atoms with E-state index in [1.807, 2.05) is 0 Å². The van der Waals surface area contributed by atoms with Gasteiger partial charge in [0.15, 0.2) is 9.84 Å². The van der Waals surface area contributed by atoms with Crippen molar-refractivity contribution < 1.29 is 31.3 Å². The van der Waals surface area contributed by atoms with Crippen LogP contribution in [0, 0.1) is 10.1 Å². The van der Waals surface area contributed by atoms with Crippen molar-refractivity contribution >= 4 is 37.1 Å². The minimum Gasteiger partial charge on any atom is -0.378 e. The fourth-order valence-corrected chi connectivity index (χ4v) is 5.50. The average molecular weight is 513 g/mol. The first-order valence-corrected chi connectivity index (χ1v) is 13.4. The van der Waals surface area contributed by atoms with Crippen molar-refractivity contribution in [2.24, 2.45) is 5.14 Å². The number of hydrogen-bond acceptors (Lipinski definition) is 9. The van der Waals surface area contributed by atoms with Crippen LogP contribution in [-0.2, 0) is 29.4 Å². The molecule has 1 aliphatic heterocycles. The fourth-order valence-electron chi connectivity index (χ4n) is 3.47. The summed E-state index contributed by atoms with van der Waals surface area (Å²) in [5.41, 5.74) is -0.757. The number of carbonyl (C=O) groups is 1. The number of morpholine rings is 1. The second kappa shape index (κ2) is 10.5. The highest BCUT2D eigenvalue weighted by atomic mass is 32.2. The molecule has 3 rings (SSSR count). The molecule has 34 heavy (non-hydrogen) atoms. The molecule has 1 aliphatic rings. The Hall–Kier alpha value is -3.07. The molecule has 0 aliphatic carbocycles. The number of rotatable bonds is 9. The highest BCUT2D eigenvalue weighted by Crippen LogP contribution is 2.29. The number of sulfonamides is 1. The number of primary sulfonamides is 1. The van der Waals surface area contributed by atoms with Crippen LogP contribution in [-0.4, -0.2) is 70.7 Å². The topological polar surface area (TPSA) is 179 Å². The number of nitrogens with zero attached hydrogens (tertiary/aromatic N) is 2. The van der Waals surface area contributed by atoms with Gasteiger partial charge in [0.1, 0.15) is 5.69 Å². The second-order valence-electron chi connectivity index (χ2n) is 7.61. The summed E-state index contributed by atoms with van der Waals surface area (Å²) in [5, 5.41) is 19.4. The number of nitro benzene ring substituents is 1. The number of hydrogen-bond donors (Lipinski definition) is 2.